The zero-order chi connectivity index (χ0) is 32.9. The number of rotatable bonds is 13. The Morgan fingerprint density at radius 3 is 1.51 bits per heavy atom. The molecule has 3 aromatic carbocycles. The molecule has 0 saturated heterocycles. The van der Waals surface area contributed by atoms with Gasteiger partial charge < -0.3 is 34.7 Å². The van der Waals surface area contributed by atoms with Crippen LogP contribution in [0.2, 0.25) is 0 Å². The third-order valence-electron chi connectivity index (χ3n) is 6.43. The average Bonchev–Trinajstić information content (AvgIpc) is 3.01. The molecule has 0 aromatic heterocycles. The first-order valence-corrected chi connectivity index (χ1v) is 14.2. The summed E-state index contributed by atoms with van der Waals surface area (Å²) in [5.41, 5.74) is 1.11. The fraction of sp³-hybridized carbons (Fsp3) is 0.303. The van der Waals surface area contributed by atoms with E-state index in [2.05, 4.69) is 10.6 Å². The number of carbonyl (C=O) groups is 5. The van der Waals surface area contributed by atoms with Gasteiger partial charge in [-0.15, -0.1) is 0 Å². The second-order valence-electron chi connectivity index (χ2n) is 10.7. The summed E-state index contributed by atoms with van der Waals surface area (Å²) in [6.45, 7) is 6.66. The Labute approximate surface area is 260 Å². The van der Waals surface area contributed by atoms with Crippen LogP contribution in [0.1, 0.15) is 49.2 Å². The second kappa shape index (κ2) is 16.5. The smallest absolute Gasteiger partial charge is 0.408 e. The van der Waals surface area contributed by atoms with Gasteiger partial charge in [0.2, 0.25) is 0 Å². The molecule has 0 saturated carbocycles. The van der Waals surface area contributed by atoms with Crippen molar-refractivity contribution in [2.24, 2.45) is 11.8 Å². The van der Waals surface area contributed by atoms with Crippen molar-refractivity contribution in [3.05, 3.63) is 95.6 Å². The summed E-state index contributed by atoms with van der Waals surface area (Å²) < 4.78 is 21.2. The molecular weight excluding hydrogens is 584 g/mol. The Bertz CT molecular complexity index is 1480. The predicted octanol–water partition coefficient (Wildman–Crippen LogP) is 5.10. The molecule has 2 amide bonds. The predicted molar refractivity (Wildman–Crippen MR) is 161 cm³/mol. The highest BCUT2D eigenvalue weighted by Crippen LogP contribution is 2.27. The number of aromatic carboxylic acids is 1. The van der Waals surface area contributed by atoms with E-state index >= 15 is 0 Å². The SMILES string of the molecule is CC(C)[C@H](NC(=O)OCc1ccccc1)C(=O)Oc1ccc(C(=O)O)c(OC(=O)[C@@H](NC(=O)OCc2ccccc2)C(C)C)c1. The van der Waals surface area contributed by atoms with Crippen LogP contribution in [0.25, 0.3) is 0 Å². The molecule has 0 bridgehead atoms. The number of amides is 2. The van der Waals surface area contributed by atoms with Gasteiger partial charge in [0, 0.05) is 6.07 Å². The van der Waals surface area contributed by atoms with E-state index in [9.17, 15) is 29.1 Å². The molecule has 238 valence electrons. The van der Waals surface area contributed by atoms with Crippen molar-refractivity contribution in [2.75, 3.05) is 0 Å². The van der Waals surface area contributed by atoms with Crippen LogP contribution >= 0.6 is 0 Å². The molecule has 0 aliphatic heterocycles. The molecule has 0 heterocycles. The molecule has 3 rings (SSSR count). The van der Waals surface area contributed by atoms with Gasteiger partial charge >= 0.3 is 30.1 Å². The van der Waals surface area contributed by atoms with Crippen LogP contribution in [0.5, 0.6) is 11.5 Å². The van der Waals surface area contributed by atoms with Crippen LogP contribution in [0.4, 0.5) is 9.59 Å². The standard InChI is InChI=1S/C33H36N2O10/c1-20(2)27(34-32(40)42-18-22-11-7-5-8-12-22)30(38)44-24-15-16-25(29(36)37)26(17-24)45-31(39)28(21(3)4)35-33(41)43-19-23-13-9-6-10-14-23/h5-17,20-21,27-28H,18-19H2,1-4H3,(H,34,40)(H,35,41)(H,36,37)/t27-,28-/m0/s1. The van der Waals surface area contributed by atoms with Crippen LogP contribution in [-0.4, -0.2) is 47.3 Å². The van der Waals surface area contributed by atoms with Crippen LogP contribution in [0.15, 0.2) is 78.9 Å². The maximum absolute atomic E-state index is 13.1. The van der Waals surface area contributed by atoms with E-state index in [4.69, 9.17) is 18.9 Å². The number of hydrogen-bond acceptors (Lipinski definition) is 9. The van der Waals surface area contributed by atoms with Crippen molar-refractivity contribution in [1.29, 1.82) is 0 Å². The van der Waals surface area contributed by atoms with Crippen LogP contribution in [0.3, 0.4) is 0 Å². The van der Waals surface area contributed by atoms with Crippen molar-refractivity contribution in [2.45, 2.75) is 53.0 Å². The fourth-order valence-corrected chi connectivity index (χ4v) is 3.96. The van der Waals surface area contributed by atoms with Gasteiger partial charge in [-0.3, -0.25) is 0 Å². The van der Waals surface area contributed by atoms with Gasteiger partial charge in [-0.2, -0.15) is 0 Å². The van der Waals surface area contributed by atoms with Gasteiger partial charge in [0.1, 0.15) is 42.4 Å². The van der Waals surface area contributed by atoms with Crippen LogP contribution in [0, 0.1) is 11.8 Å². The first kappa shape index (κ1) is 34.1. The molecule has 0 radical (unpaired) electrons. The molecule has 45 heavy (non-hydrogen) atoms. The highest BCUT2D eigenvalue weighted by atomic mass is 16.6. The van der Waals surface area contributed by atoms with Crippen molar-refractivity contribution < 1.29 is 48.0 Å². The van der Waals surface area contributed by atoms with E-state index in [1.807, 2.05) is 12.1 Å². The van der Waals surface area contributed by atoms with E-state index in [1.54, 1.807) is 76.2 Å². The number of alkyl carbamates (subject to hydrolysis) is 2. The second-order valence-corrected chi connectivity index (χ2v) is 10.7. The molecule has 0 spiro atoms. The highest BCUT2D eigenvalue weighted by Gasteiger charge is 2.30. The summed E-state index contributed by atoms with van der Waals surface area (Å²) in [6.07, 6.45) is -1.70. The minimum Gasteiger partial charge on any atom is -0.478 e. The maximum Gasteiger partial charge on any atom is 0.408 e. The van der Waals surface area contributed by atoms with E-state index < -0.39 is 59.8 Å². The molecule has 12 nitrogen and oxygen atoms in total. The van der Waals surface area contributed by atoms with Crippen LogP contribution < -0.4 is 20.1 Å². The zero-order valence-electron chi connectivity index (χ0n) is 25.4. The lowest BCUT2D eigenvalue weighted by atomic mass is 10.0. The van der Waals surface area contributed by atoms with Gasteiger partial charge in [0.05, 0.1) is 0 Å². The maximum atomic E-state index is 13.1. The Balaban J connectivity index is 1.68. The number of esters is 2. The van der Waals surface area contributed by atoms with Gasteiger partial charge in [-0.05, 0) is 35.1 Å². The van der Waals surface area contributed by atoms with Gasteiger partial charge in [0.15, 0.2) is 0 Å². The molecule has 0 aliphatic carbocycles. The minimum absolute atomic E-state index is 0.00507. The topological polar surface area (TPSA) is 167 Å². The van der Waals surface area contributed by atoms with Crippen molar-refractivity contribution >= 4 is 30.1 Å². The monoisotopic (exact) mass is 620 g/mol. The molecular formula is C33H36N2O10. The first-order chi connectivity index (χ1) is 21.4. The van der Waals surface area contributed by atoms with Crippen LogP contribution in [-0.2, 0) is 32.3 Å². The third-order valence-corrected chi connectivity index (χ3v) is 6.43. The van der Waals surface area contributed by atoms with Gasteiger partial charge in [-0.1, -0.05) is 88.4 Å². The Morgan fingerprint density at radius 2 is 1.09 bits per heavy atom. The fourth-order valence-electron chi connectivity index (χ4n) is 3.96. The minimum atomic E-state index is -1.41. The lowest BCUT2D eigenvalue weighted by Crippen LogP contribution is -2.46. The lowest BCUT2D eigenvalue weighted by Gasteiger charge is -2.22. The number of ether oxygens (including phenoxy) is 4. The van der Waals surface area contributed by atoms with Crippen molar-refractivity contribution in [3.8, 4) is 11.5 Å². The summed E-state index contributed by atoms with van der Waals surface area (Å²) in [4.78, 5) is 62.8. The summed E-state index contributed by atoms with van der Waals surface area (Å²) >= 11 is 0. The quantitative estimate of drug-likeness (QED) is 0.173. The molecule has 0 unspecified atom stereocenters. The number of hydrogen-bond donors (Lipinski definition) is 3. The number of benzene rings is 3. The molecule has 12 heteroatoms. The Hall–Kier alpha value is -5.39. The largest absolute Gasteiger partial charge is 0.478 e. The average molecular weight is 621 g/mol. The number of nitrogens with one attached hydrogen (secondary N) is 2. The number of carbonyl (C=O) groups excluding carboxylic acids is 4. The molecule has 3 N–H and O–H groups in total. The van der Waals surface area contributed by atoms with Gasteiger partial charge in [0.25, 0.3) is 0 Å². The summed E-state index contributed by atoms with van der Waals surface area (Å²) in [5.74, 6) is -4.66. The lowest BCUT2D eigenvalue weighted by molar-refractivity contribution is -0.138. The van der Waals surface area contributed by atoms with E-state index in [-0.39, 0.29) is 24.5 Å². The summed E-state index contributed by atoms with van der Waals surface area (Å²) in [5, 5.41) is 14.6. The highest BCUT2D eigenvalue weighted by molar-refractivity contribution is 5.93. The Kier molecular flexibility index (Phi) is 12.5. The molecule has 3 aromatic rings. The Morgan fingerprint density at radius 1 is 0.644 bits per heavy atom. The summed E-state index contributed by atoms with van der Waals surface area (Å²) in [6, 6.07) is 19.0. The van der Waals surface area contributed by atoms with Crippen molar-refractivity contribution in [1.82, 2.24) is 10.6 Å². The van der Waals surface area contributed by atoms with Gasteiger partial charge in [-0.25, -0.2) is 24.0 Å². The van der Waals surface area contributed by atoms with E-state index in [1.165, 1.54) is 6.07 Å². The third kappa shape index (κ3) is 10.7. The normalized spacial score (nSPS) is 12.0. The number of carboxylic acid groups (broad SMARTS) is 1. The molecule has 0 fully saturated rings. The van der Waals surface area contributed by atoms with Crippen molar-refractivity contribution in [3.63, 3.8) is 0 Å². The molecule has 0 aliphatic rings. The zero-order valence-corrected chi connectivity index (χ0v) is 25.4. The first-order valence-electron chi connectivity index (χ1n) is 14.2. The molecule has 2 atom stereocenters. The summed E-state index contributed by atoms with van der Waals surface area (Å²) in [7, 11) is 0. The number of carboxylic acids is 1. The van der Waals surface area contributed by atoms with E-state index in [0.717, 1.165) is 23.3 Å². The van der Waals surface area contributed by atoms with E-state index in [0.29, 0.717) is 0 Å².